The van der Waals surface area contributed by atoms with Crippen LogP contribution < -0.4 is 0 Å². The third kappa shape index (κ3) is 3.68. The van der Waals surface area contributed by atoms with E-state index in [1.165, 1.54) is 38.5 Å². The lowest BCUT2D eigenvalue weighted by atomic mass is 9.90. The molecule has 0 aromatic carbocycles. The lowest BCUT2D eigenvalue weighted by molar-refractivity contribution is 0.0155. The Morgan fingerprint density at radius 2 is 1.15 bits per heavy atom. The summed E-state index contributed by atoms with van der Waals surface area (Å²) in [6, 6.07) is 0. The van der Waals surface area contributed by atoms with Crippen molar-refractivity contribution in [3.63, 3.8) is 0 Å². The van der Waals surface area contributed by atoms with E-state index in [4.69, 9.17) is 9.47 Å². The average Bonchev–Trinajstić information content (AvgIpc) is 3.35. The second kappa shape index (κ2) is 6.39. The van der Waals surface area contributed by atoms with Crippen LogP contribution in [0.25, 0.3) is 0 Å². The molecule has 4 fully saturated rings. The van der Waals surface area contributed by atoms with Crippen LogP contribution in [-0.2, 0) is 9.47 Å². The molecule has 0 N–H and O–H groups in total. The number of hydrogen-bond donors (Lipinski definition) is 0. The molecule has 2 saturated heterocycles. The fraction of sp³-hybridized carbons (Fsp3) is 1.00. The van der Waals surface area contributed by atoms with Crippen molar-refractivity contribution in [3.8, 4) is 0 Å². The van der Waals surface area contributed by atoms with Crippen molar-refractivity contribution in [1.82, 2.24) is 0 Å². The maximum Gasteiger partial charge on any atom is 0.0700 e. The zero-order valence-corrected chi connectivity index (χ0v) is 13.8. The highest BCUT2D eigenvalue weighted by Gasteiger charge is 2.43. The van der Waals surface area contributed by atoms with Crippen molar-refractivity contribution in [2.24, 2.45) is 11.8 Å². The highest BCUT2D eigenvalue weighted by molar-refractivity contribution is 8.07. The van der Waals surface area contributed by atoms with E-state index in [9.17, 15) is 0 Å². The van der Waals surface area contributed by atoms with Gasteiger partial charge in [-0.05, 0) is 50.4 Å². The molecule has 0 radical (unpaired) electrons. The summed E-state index contributed by atoms with van der Waals surface area (Å²) in [4.78, 5) is 0. The van der Waals surface area contributed by atoms with E-state index in [0.29, 0.717) is 0 Å². The van der Waals surface area contributed by atoms with Gasteiger partial charge in [0.2, 0.25) is 0 Å². The fourth-order valence-electron chi connectivity index (χ4n) is 3.89. The predicted octanol–water partition coefficient (Wildman–Crippen LogP) is 3.59. The smallest absolute Gasteiger partial charge is 0.0700 e. The van der Waals surface area contributed by atoms with Gasteiger partial charge in [-0.3, -0.25) is 0 Å². The summed E-state index contributed by atoms with van der Waals surface area (Å²) in [7, 11) is 0. The molecular weight excluding hydrogens is 288 g/mol. The minimum atomic E-state index is 0.797. The van der Waals surface area contributed by atoms with Crippen molar-refractivity contribution in [3.05, 3.63) is 0 Å². The van der Waals surface area contributed by atoms with Gasteiger partial charge in [0.15, 0.2) is 0 Å². The van der Waals surface area contributed by atoms with Crippen LogP contribution in [0.4, 0.5) is 0 Å². The first kappa shape index (κ1) is 14.2. The van der Waals surface area contributed by atoms with E-state index < -0.39 is 0 Å². The summed E-state index contributed by atoms with van der Waals surface area (Å²) in [6.45, 7) is 3.53. The van der Waals surface area contributed by atoms with Gasteiger partial charge in [-0.1, -0.05) is 0 Å². The third-order valence-corrected chi connectivity index (χ3v) is 8.24. The van der Waals surface area contributed by atoms with Crippen LogP contribution >= 0.6 is 23.5 Å². The third-order valence-electron chi connectivity index (χ3n) is 5.30. The molecule has 0 aromatic heterocycles. The Morgan fingerprint density at radius 3 is 1.60 bits per heavy atom. The summed E-state index contributed by atoms with van der Waals surface area (Å²) in [5, 5.41) is 4.02. The molecule has 4 aliphatic rings. The molecule has 0 amide bonds. The summed E-state index contributed by atoms with van der Waals surface area (Å²) in [5.74, 6) is 1.65. The Labute approximate surface area is 131 Å². The van der Waals surface area contributed by atoms with Gasteiger partial charge in [-0.25, -0.2) is 0 Å². The van der Waals surface area contributed by atoms with E-state index in [1.807, 2.05) is 0 Å². The van der Waals surface area contributed by atoms with Gasteiger partial charge in [0.1, 0.15) is 0 Å². The van der Waals surface area contributed by atoms with E-state index in [-0.39, 0.29) is 0 Å². The van der Waals surface area contributed by atoms with E-state index in [1.54, 1.807) is 0 Å². The summed E-state index contributed by atoms with van der Waals surface area (Å²) >= 11 is 4.38. The number of hydrogen-bond acceptors (Lipinski definition) is 4. The van der Waals surface area contributed by atoms with Crippen molar-refractivity contribution in [2.75, 3.05) is 26.4 Å². The largest absolute Gasteiger partial charge is 0.379 e. The molecule has 0 spiro atoms. The van der Waals surface area contributed by atoms with Crippen LogP contribution in [0.2, 0.25) is 0 Å². The molecule has 2 aliphatic carbocycles. The number of ether oxygens (including phenoxy) is 2. The molecule has 20 heavy (non-hydrogen) atoms. The molecule has 2 heterocycles. The van der Waals surface area contributed by atoms with Crippen molar-refractivity contribution in [1.29, 1.82) is 0 Å². The van der Waals surface area contributed by atoms with Crippen molar-refractivity contribution in [2.45, 2.75) is 59.5 Å². The molecule has 0 aromatic rings. The molecule has 4 rings (SSSR count). The summed E-state index contributed by atoms with van der Waals surface area (Å²) in [6.07, 6.45) is 8.44. The molecule has 0 bridgehead atoms. The van der Waals surface area contributed by atoms with Crippen LogP contribution in [0.15, 0.2) is 0 Å². The molecule has 2 aliphatic heterocycles. The van der Waals surface area contributed by atoms with E-state index >= 15 is 0 Å². The maximum absolute atomic E-state index is 5.82. The Balaban J connectivity index is 1.01. The van der Waals surface area contributed by atoms with Gasteiger partial charge in [-0.2, -0.15) is 23.5 Å². The second-order valence-corrected chi connectivity index (χ2v) is 9.90. The zero-order chi connectivity index (χ0) is 13.4. The molecular formula is C16H26O2S2. The van der Waals surface area contributed by atoms with Crippen LogP contribution in [0.1, 0.15) is 38.5 Å². The first-order valence-electron chi connectivity index (χ1n) is 8.35. The molecule has 6 atom stereocenters. The first-order chi connectivity index (χ1) is 9.88. The number of rotatable bonds is 7. The van der Waals surface area contributed by atoms with E-state index in [0.717, 1.165) is 59.3 Å². The molecule has 2 nitrogen and oxygen atoms in total. The topological polar surface area (TPSA) is 18.5 Å². The number of thioether (sulfide) groups is 2. The summed E-state index contributed by atoms with van der Waals surface area (Å²) in [5.41, 5.74) is 0. The minimum absolute atomic E-state index is 0.797. The number of fused-ring (bicyclic) bond motifs is 2. The van der Waals surface area contributed by atoms with Gasteiger partial charge < -0.3 is 9.47 Å². The zero-order valence-electron chi connectivity index (χ0n) is 12.2. The van der Waals surface area contributed by atoms with Crippen LogP contribution in [0.3, 0.4) is 0 Å². The molecule has 6 unspecified atom stereocenters. The molecule has 2 saturated carbocycles. The predicted molar refractivity (Wildman–Crippen MR) is 86.7 cm³/mol. The van der Waals surface area contributed by atoms with Gasteiger partial charge >= 0.3 is 0 Å². The van der Waals surface area contributed by atoms with Gasteiger partial charge in [-0.15, -0.1) is 0 Å². The van der Waals surface area contributed by atoms with Gasteiger partial charge in [0.05, 0.1) is 13.2 Å². The Kier molecular flexibility index (Phi) is 4.55. The van der Waals surface area contributed by atoms with Crippen molar-refractivity contribution >= 4 is 23.5 Å². The summed E-state index contributed by atoms with van der Waals surface area (Å²) < 4.78 is 11.6. The SMILES string of the molecule is C(COCC1CCC2SC2C1)OCC1CCC2SC2C1. The van der Waals surface area contributed by atoms with Crippen molar-refractivity contribution < 1.29 is 9.47 Å². The van der Waals surface area contributed by atoms with Gasteiger partial charge in [0, 0.05) is 34.2 Å². The first-order valence-corrected chi connectivity index (χ1v) is 10.2. The standard InChI is InChI=1S/C16H26O2S2/c1-3-13-15(19-13)7-11(1)9-17-5-6-18-10-12-2-4-14-16(8-12)20-14/h11-16H,1-10H2. The fourth-order valence-corrected chi connectivity index (χ4v) is 6.42. The second-order valence-electron chi connectivity index (χ2n) is 6.93. The highest BCUT2D eigenvalue weighted by atomic mass is 32.2. The minimum Gasteiger partial charge on any atom is -0.379 e. The lowest BCUT2D eigenvalue weighted by Crippen LogP contribution is -2.21. The normalized spacial score (nSPS) is 45.6. The molecule has 4 heteroatoms. The Bertz CT molecular complexity index is 306. The maximum atomic E-state index is 5.82. The Morgan fingerprint density at radius 1 is 0.650 bits per heavy atom. The lowest BCUT2D eigenvalue weighted by Gasteiger charge is -2.21. The average molecular weight is 315 g/mol. The quantitative estimate of drug-likeness (QED) is 0.528. The van der Waals surface area contributed by atoms with Gasteiger partial charge in [0.25, 0.3) is 0 Å². The van der Waals surface area contributed by atoms with E-state index in [2.05, 4.69) is 23.5 Å². The Hall–Kier alpha value is 0.620. The highest BCUT2D eigenvalue weighted by Crippen LogP contribution is 2.53. The monoisotopic (exact) mass is 314 g/mol. The van der Waals surface area contributed by atoms with Crippen LogP contribution in [0, 0.1) is 11.8 Å². The van der Waals surface area contributed by atoms with Crippen LogP contribution in [-0.4, -0.2) is 47.4 Å². The van der Waals surface area contributed by atoms with Crippen LogP contribution in [0.5, 0.6) is 0 Å². The molecule has 114 valence electrons.